The number of ether oxygens (including phenoxy) is 2. The highest BCUT2D eigenvalue weighted by Gasteiger charge is 2.34. The van der Waals surface area contributed by atoms with Gasteiger partial charge in [-0.2, -0.15) is 8.78 Å². The predicted octanol–water partition coefficient (Wildman–Crippen LogP) is 4.48. The summed E-state index contributed by atoms with van der Waals surface area (Å²) in [4.78, 5) is 39.5. The Balaban J connectivity index is 1.64. The van der Waals surface area contributed by atoms with Gasteiger partial charge in [0.05, 0.1) is 17.6 Å². The van der Waals surface area contributed by atoms with Crippen molar-refractivity contribution in [3.05, 3.63) is 58.5 Å². The van der Waals surface area contributed by atoms with E-state index >= 15 is 0 Å². The molecule has 0 saturated carbocycles. The van der Waals surface area contributed by atoms with Gasteiger partial charge in [-0.25, -0.2) is 0 Å². The van der Waals surface area contributed by atoms with E-state index in [0.29, 0.717) is 11.1 Å². The second kappa shape index (κ2) is 11.2. The molecule has 1 saturated heterocycles. The summed E-state index contributed by atoms with van der Waals surface area (Å²) < 4.78 is 34.4. The molecule has 1 fully saturated rings. The minimum Gasteiger partial charge on any atom is -0.493 e. The maximum absolute atomic E-state index is 12.7. The fourth-order valence-electron chi connectivity index (χ4n) is 3.02. The number of nitrogens with zero attached hydrogens (tertiary/aromatic N) is 1. The zero-order valence-electron chi connectivity index (χ0n) is 17.7. The molecule has 0 unspecified atom stereocenters. The van der Waals surface area contributed by atoms with Crippen molar-refractivity contribution in [3.63, 3.8) is 0 Å². The van der Waals surface area contributed by atoms with Gasteiger partial charge >= 0.3 is 6.61 Å². The number of benzene rings is 2. The molecule has 7 nitrogen and oxygen atoms in total. The normalized spacial score (nSPS) is 14.8. The molecule has 1 heterocycles. The number of thioether (sulfide) groups is 2. The summed E-state index contributed by atoms with van der Waals surface area (Å²) in [5, 5.41) is 2.26. The van der Waals surface area contributed by atoms with Crippen LogP contribution in [0.5, 0.6) is 11.5 Å². The van der Waals surface area contributed by atoms with Crippen molar-refractivity contribution in [2.45, 2.75) is 11.5 Å². The molecule has 1 aliphatic heterocycles. The minimum absolute atomic E-state index is 0.0136. The average molecular weight is 495 g/mol. The molecule has 33 heavy (non-hydrogen) atoms. The number of amides is 3. The number of halogens is 2. The fourth-order valence-corrected chi connectivity index (χ4v) is 4.48. The van der Waals surface area contributed by atoms with Crippen LogP contribution in [0.3, 0.4) is 0 Å². The van der Waals surface area contributed by atoms with Crippen molar-refractivity contribution < 1.29 is 32.6 Å². The average Bonchev–Trinajstić information content (AvgIpc) is 3.06. The van der Waals surface area contributed by atoms with Crippen LogP contribution in [0.4, 0.5) is 13.6 Å². The molecule has 174 valence electrons. The lowest BCUT2D eigenvalue weighted by Gasteiger charge is -2.14. The number of methoxy groups -OCH3 is 1. The third-order valence-electron chi connectivity index (χ3n) is 4.55. The molecule has 1 N–H and O–H groups in total. The van der Waals surface area contributed by atoms with E-state index in [-0.39, 0.29) is 35.4 Å². The quantitative estimate of drug-likeness (QED) is 0.406. The van der Waals surface area contributed by atoms with E-state index < -0.39 is 17.8 Å². The summed E-state index contributed by atoms with van der Waals surface area (Å²) in [7, 11) is 1.30. The van der Waals surface area contributed by atoms with Crippen LogP contribution in [0.1, 0.15) is 15.9 Å². The lowest BCUT2D eigenvalue weighted by Crippen LogP contribution is -2.37. The molecule has 2 aromatic rings. The molecule has 0 aromatic heterocycles. The maximum Gasteiger partial charge on any atom is 0.387 e. The van der Waals surface area contributed by atoms with Crippen molar-refractivity contribution >= 4 is 46.7 Å². The van der Waals surface area contributed by atoms with Gasteiger partial charge in [0.2, 0.25) is 0 Å². The van der Waals surface area contributed by atoms with Gasteiger partial charge in [0.25, 0.3) is 17.1 Å². The Hall–Kier alpha value is -3.05. The summed E-state index contributed by atoms with van der Waals surface area (Å²) in [6.45, 7) is -2.89. The summed E-state index contributed by atoms with van der Waals surface area (Å²) in [5.74, 6) is -0.871. The molecule has 0 aliphatic carbocycles. The van der Waals surface area contributed by atoms with E-state index in [2.05, 4.69) is 10.1 Å². The van der Waals surface area contributed by atoms with Crippen LogP contribution in [-0.2, 0) is 4.79 Å². The number of hydrogen-bond donors (Lipinski definition) is 1. The highest BCUT2D eigenvalue weighted by molar-refractivity contribution is 8.18. The molecule has 11 heteroatoms. The Kier molecular flexibility index (Phi) is 8.34. The van der Waals surface area contributed by atoms with Gasteiger partial charge in [0, 0.05) is 18.0 Å². The van der Waals surface area contributed by atoms with Crippen LogP contribution in [0.2, 0.25) is 0 Å². The number of nitrogens with one attached hydrogen (secondary N) is 1. The van der Waals surface area contributed by atoms with Gasteiger partial charge in [-0.3, -0.25) is 19.3 Å². The van der Waals surface area contributed by atoms with E-state index in [1.54, 1.807) is 12.1 Å². The van der Waals surface area contributed by atoms with Crippen molar-refractivity contribution in [2.75, 3.05) is 26.5 Å². The van der Waals surface area contributed by atoms with Gasteiger partial charge in [-0.05, 0) is 53.9 Å². The second-order valence-corrected chi connectivity index (χ2v) is 8.42. The van der Waals surface area contributed by atoms with Crippen molar-refractivity contribution in [1.29, 1.82) is 0 Å². The number of hydrogen-bond acceptors (Lipinski definition) is 7. The number of rotatable bonds is 9. The van der Waals surface area contributed by atoms with E-state index in [9.17, 15) is 23.2 Å². The standard InChI is InChI=1S/C22H20F2N2O5S2/c1-30-16-11-13(7-8-15(16)31-21(23)24)12-18-20(28)26(22(29)33-18)10-9-25-19(27)14-5-3-4-6-17(14)32-2/h3-8,11-12,21H,9-10H2,1-2H3,(H,25,27)/b18-12-. The smallest absolute Gasteiger partial charge is 0.387 e. The van der Waals surface area contributed by atoms with Gasteiger partial charge < -0.3 is 14.8 Å². The van der Waals surface area contributed by atoms with Crippen molar-refractivity contribution in [1.82, 2.24) is 10.2 Å². The first kappa shape index (κ1) is 24.6. The molecule has 2 aromatic carbocycles. The lowest BCUT2D eigenvalue weighted by atomic mass is 10.2. The summed E-state index contributed by atoms with van der Waals surface area (Å²) in [6.07, 6.45) is 3.33. The molecule has 0 radical (unpaired) electrons. The molecule has 0 spiro atoms. The Morgan fingerprint density at radius 2 is 1.97 bits per heavy atom. The number of imide groups is 1. The van der Waals surface area contributed by atoms with Gasteiger partial charge in [0.1, 0.15) is 0 Å². The van der Waals surface area contributed by atoms with E-state index in [1.807, 2.05) is 18.4 Å². The maximum atomic E-state index is 12.7. The fraction of sp³-hybridized carbons (Fsp3) is 0.227. The summed E-state index contributed by atoms with van der Waals surface area (Å²) >= 11 is 2.20. The molecular weight excluding hydrogens is 474 g/mol. The van der Waals surface area contributed by atoms with Crippen molar-refractivity contribution in [2.24, 2.45) is 0 Å². The highest BCUT2D eigenvalue weighted by Crippen LogP contribution is 2.34. The summed E-state index contributed by atoms with van der Waals surface area (Å²) in [5.41, 5.74) is 0.994. The number of carbonyl (C=O) groups excluding carboxylic acids is 3. The first-order chi connectivity index (χ1) is 15.8. The molecule has 0 bridgehead atoms. The predicted molar refractivity (Wildman–Crippen MR) is 123 cm³/mol. The molecule has 0 atom stereocenters. The largest absolute Gasteiger partial charge is 0.493 e. The monoisotopic (exact) mass is 494 g/mol. The van der Waals surface area contributed by atoms with Gasteiger partial charge in [-0.1, -0.05) is 18.2 Å². The zero-order chi connectivity index (χ0) is 24.0. The lowest BCUT2D eigenvalue weighted by molar-refractivity contribution is -0.122. The van der Waals surface area contributed by atoms with E-state index in [1.165, 1.54) is 43.1 Å². The van der Waals surface area contributed by atoms with Crippen LogP contribution in [0, 0.1) is 0 Å². The number of carbonyl (C=O) groups is 3. The van der Waals surface area contributed by atoms with Crippen LogP contribution >= 0.6 is 23.5 Å². The van der Waals surface area contributed by atoms with Crippen LogP contribution in [-0.4, -0.2) is 55.0 Å². The first-order valence-corrected chi connectivity index (χ1v) is 11.7. The van der Waals surface area contributed by atoms with Gasteiger partial charge in [0.15, 0.2) is 11.5 Å². The first-order valence-electron chi connectivity index (χ1n) is 9.63. The molecular formula is C22H20F2N2O5S2. The Morgan fingerprint density at radius 3 is 2.67 bits per heavy atom. The Bertz CT molecular complexity index is 1090. The minimum atomic E-state index is -3.00. The topological polar surface area (TPSA) is 84.9 Å². The van der Waals surface area contributed by atoms with Crippen molar-refractivity contribution in [3.8, 4) is 11.5 Å². The second-order valence-electron chi connectivity index (χ2n) is 6.58. The SMILES string of the molecule is COc1cc(/C=C2\SC(=O)N(CCNC(=O)c3ccccc3SC)C2=O)ccc1OC(F)F. The third-order valence-corrected chi connectivity index (χ3v) is 6.25. The van der Waals surface area contributed by atoms with Gasteiger partial charge in [-0.15, -0.1) is 11.8 Å². The zero-order valence-corrected chi connectivity index (χ0v) is 19.3. The van der Waals surface area contributed by atoms with E-state index in [0.717, 1.165) is 21.6 Å². The molecule has 3 rings (SSSR count). The Labute approximate surface area is 197 Å². The Morgan fingerprint density at radius 1 is 1.21 bits per heavy atom. The highest BCUT2D eigenvalue weighted by atomic mass is 32.2. The van der Waals surface area contributed by atoms with Crippen LogP contribution < -0.4 is 14.8 Å². The summed E-state index contributed by atoms with van der Waals surface area (Å²) in [6, 6.07) is 11.3. The van der Waals surface area contributed by atoms with Crippen LogP contribution in [0.15, 0.2) is 52.3 Å². The molecule has 1 aliphatic rings. The van der Waals surface area contributed by atoms with Crippen LogP contribution in [0.25, 0.3) is 6.08 Å². The van der Waals surface area contributed by atoms with E-state index in [4.69, 9.17) is 4.74 Å². The third kappa shape index (κ3) is 6.05. The molecule has 3 amide bonds. The number of alkyl halides is 2.